The fourth-order valence-corrected chi connectivity index (χ4v) is 3.01. The first-order chi connectivity index (χ1) is 9.40. The Hall–Kier alpha value is -1.91. The van der Waals surface area contributed by atoms with Gasteiger partial charge in [-0.15, -0.1) is 0 Å². The maximum atomic E-state index is 11.9. The van der Waals surface area contributed by atoms with E-state index >= 15 is 0 Å². The number of nitriles is 1. The third-order valence-corrected chi connectivity index (χ3v) is 4.58. The molecule has 0 aliphatic heterocycles. The zero-order chi connectivity index (χ0) is 15.2. The first kappa shape index (κ1) is 16.1. The molecule has 108 valence electrons. The van der Waals surface area contributed by atoms with Gasteiger partial charge in [0.1, 0.15) is 6.04 Å². The SMILES string of the molecule is CCC(C#N)S(=O)(=O)N[C@H](Cc1ccccc1)C(=O)O. The molecule has 2 N–H and O–H groups in total. The number of hydrogen-bond donors (Lipinski definition) is 2. The molecule has 0 aliphatic carbocycles. The molecule has 0 spiro atoms. The molecule has 1 aromatic carbocycles. The topological polar surface area (TPSA) is 107 Å². The van der Waals surface area contributed by atoms with E-state index in [1.165, 1.54) is 0 Å². The number of carbonyl (C=O) groups is 1. The van der Waals surface area contributed by atoms with Crippen molar-refractivity contribution in [3.63, 3.8) is 0 Å². The van der Waals surface area contributed by atoms with Crippen molar-refractivity contribution >= 4 is 16.0 Å². The molecule has 0 aliphatic rings. The fraction of sp³-hybridized carbons (Fsp3) is 0.385. The highest BCUT2D eigenvalue weighted by molar-refractivity contribution is 7.90. The summed E-state index contributed by atoms with van der Waals surface area (Å²) in [5.41, 5.74) is 0.701. The summed E-state index contributed by atoms with van der Waals surface area (Å²) >= 11 is 0. The van der Waals surface area contributed by atoms with Crippen LogP contribution in [0.15, 0.2) is 30.3 Å². The molecule has 0 heterocycles. The van der Waals surface area contributed by atoms with Gasteiger partial charge in [0.2, 0.25) is 10.0 Å². The van der Waals surface area contributed by atoms with Crippen molar-refractivity contribution in [1.29, 1.82) is 5.26 Å². The molecule has 1 rings (SSSR count). The minimum Gasteiger partial charge on any atom is -0.480 e. The lowest BCUT2D eigenvalue weighted by Gasteiger charge is -2.16. The Balaban J connectivity index is 2.89. The van der Waals surface area contributed by atoms with E-state index in [-0.39, 0.29) is 12.8 Å². The van der Waals surface area contributed by atoms with Gasteiger partial charge in [-0.3, -0.25) is 4.79 Å². The molecule has 7 heteroatoms. The Labute approximate surface area is 118 Å². The van der Waals surface area contributed by atoms with E-state index in [9.17, 15) is 13.2 Å². The average molecular weight is 296 g/mol. The highest BCUT2D eigenvalue weighted by Gasteiger charge is 2.30. The molecule has 2 atom stereocenters. The number of carboxylic acids is 1. The van der Waals surface area contributed by atoms with Gasteiger partial charge in [0.25, 0.3) is 0 Å². The number of sulfonamides is 1. The summed E-state index contributed by atoms with van der Waals surface area (Å²) in [6.07, 6.45) is 0.126. The van der Waals surface area contributed by atoms with Crippen LogP contribution in [0.4, 0.5) is 0 Å². The lowest BCUT2D eigenvalue weighted by Crippen LogP contribution is -2.45. The molecule has 1 unspecified atom stereocenters. The Morgan fingerprint density at radius 1 is 1.40 bits per heavy atom. The lowest BCUT2D eigenvalue weighted by atomic mass is 10.1. The minimum absolute atomic E-state index is 0.0251. The summed E-state index contributed by atoms with van der Waals surface area (Å²) in [5.74, 6) is -1.27. The third-order valence-electron chi connectivity index (χ3n) is 2.78. The van der Waals surface area contributed by atoms with Gasteiger partial charge >= 0.3 is 5.97 Å². The Kier molecular flexibility index (Phi) is 5.67. The number of benzene rings is 1. The normalized spacial score (nSPS) is 14.2. The fourth-order valence-electron chi connectivity index (χ4n) is 1.69. The van der Waals surface area contributed by atoms with Gasteiger partial charge in [-0.1, -0.05) is 37.3 Å². The molecule has 1 aromatic rings. The highest BCUT2D eigenvalue weighted by atomic mass is 32.2. The highest BCUT2D eigenvalue weighted by Crippen LogP contribution is 2.08. The molecule has 0 aromatic heterocycles. The van der Waals surface area contributed by atoms with Gasteiger partial charge in [-0.2, -0.15) is 9.98 Å². The molecular weight excluding hydrogens is 280 g/mol. The number of rotatable bonds is 7. The van der Waals surface area contributed by atoms with Crippen molar-refractivity contribution in [2.45, 2.75) is 31.1 Å². The quantitative estimate of drug-likeness (QED) is 0.777. The second-order valence-electron chi connectivity index (χ2n) is 4.27. The number of nitrogens with zero attached hydrogens (tertiary/aromatic N) is 1. The van der Waals surface area contributed by atoms with Crippen molar-refractivity contribution < 1.29 is 18.3 Å². The van der Waals surface area contributed by atoms with E-state index < -0.39 is 27.3 Å². The summed E-state index contributed by atoms with van der Waals surface area (Å²) in [6.45, 7) is 1.56. The third kappa shape index (κ3) is 4.33. The summed E-state index contributed by atoms with van der Waals surface area (Å²) in [4.78, 5) is 11.2. The average Bonchev–Trinajstić information content (AvgIpc) is 2.39. The van der Waals surface area contributed by atoms with Crippen LogP contribution in [0.5, 0.6) is 0 Å². The first-order valence-corrected chi connectivity index (χ1v) is 7.62. The van der Waals surface area contributed by atoms with Gasteiger partial charge in [-0.25, -0.2) is 8.42 Å². The van der Waals surface area contributed by atoms with E-state index in [0.717, 1.165) is 0 Å². The molecule has 0 radical (unpaired) electrons. The minimum atomic E-state index is -3.98. The van der Waals surface area contributed by atoms with Gasteiger partial charge in [-0.05, 0) is 18.4 Å². The van der Waals surface area contributed by atoms with Crippen LogP contribution < -0.4 is 4.72 Å². The number of nitrogens with one attached hydrogen (secondary N) is 1. The van der Waals surface area contributed by atoms with Crippen molar-refractivity contribution in [3.05, 3.63) is 35.9 Å². The van der Waals surface area contributed by atoms with Crippen molar-refractivity contribution in [1.82, 2.24) is 4.72 Å². The molecule has 0 saturated heterocycles. The maximum absolute atomic E-state index is 11.9. The zero-order valence-electron chi connectivity index (χ0n) is 11.0. The Morgan fingerprint density at radius 3 is 2.45 bits per heavy atom. The second-order valence-corrected chi connectivity index (χ2v) is 6.16. The molecule has 20 heavy (non-hydrogen) atoms. The van der Waals surface area contributed by atoms with Crippen LogP contribution in [0, 0.1) is 11.3 Å². The molecule has 0 amide bonds. The second kappa shape index (κ2) is 7.03. The van der Waals surface area contributed by atoms with E-state index in [4.69, 9.17) is 10.4 Å². The summed E-state index contributed by atoms with van der Waals surface area (Å²) in [5, 5.41) is 16.7. The molecule has 0 fully saturated rings. The molecule has 6 nitrogen and oxygen atoms in total. The van der Waals surface area contributed by atoms with Crippen molar-refractivity contribution in [3.8, 4) is 6.07 Å². The number of aliphatic carboxylic acids is 1. The largest absolute Gasteiger partial charge is 0.480 e. The van der Waals surface area contributed by atoms with Crippen molar-refractivity contribution in [2.24, 2.45) is 0 Å². The van der Waals surface area contributed by atoms with Crippen LogP contribution in [0.25, 0.3) is 0 Å². The lowest BCUT2D eigenvalue weighted by molar-refractivity contribution is -0.138. The van der Waals surface area contributed by atoms with E-state index in [0.29, 0.717) is 5.56 Å². The van der Waals surface area contributed by atoms with Gasteiger partial charge < -0.3 is 5.11 Å². The van der Waals surface area contributed by atoms with Gasteiger partial charge in [0, 0.05) is 0 Å². The Morgan fingerprint density at radius 2 is 2.00 bits per heavy atom. The van der Waals surface area contributed by atoms with E-state index in [2.05, 4.69) is 4.72 Å². The van der Waals surface area contributed by atoms with Gasteiger partial charge in [0.15, 0.2) is 5.25 Å². The standard InChI is InChI=1S/C13H16N2O4S/c1-2-11(9-14)20(18,19)15-12(13(16)17)8-10-6-4-3-5-7-10/h3-7,11-12,15H,2,8H2,1H3,(H,16,17)/t11?,12-/m1/s1. The van der Waals surface area contributed by atoms with Crippen LogP contribution in [0.1, 0.15) is 18.9 Å². The number of carboxylic acid groups (broad SMARTS) is 1. The molecular formula is C13H16N2O4S. The van der Waals surface area contributed by atoms with E-state index in [1.807, 2.05) is 0 Å². The first-order valence-electron chi connectivity index (χ1n) is 6.08. The van der Waals surface area contributed by atoms with Crippen LogP contribution >= 0.6 is 0 Å². The summed E-state index contributed by atoms with van der Waals surface area (Å²) in [7, 11) is -3.98. The maximum Gasteiger partial charge on any atom is 0.322 e. The predicted molar refractivity (Wildman–Crippen MR) is 73.3 cm³/mol. The van der Waals surface area contributed by atoms with E-state index in [1.54, 1.807) is 43.3 Å². The van der Waals surface area contributed by atoms with Crippen LogP contribution in [0.3, 0.4) is 0 Å². The molecule has 0 saturated carbocycles. The zero-order valence-corrected chi connectivity index (χ0v) is 11.8. The van der Waals surface area contributed by atoms with Crippen LogP contribution in [-0.2, 0) is 21.2 Å². The van der Waals surface area contributed by atoms with Gasteiger partial charge in [0.05, 0.1) is 6.07 Å². The van der Waals surface area contributed by atoms with Crippen LogP contribution in [-0.4, -0.2) is 30.8 Å². The molecule has 0 bridgehead atoms. The van der Waals surface area contributed by atoms with Crippen molar-refractivity contribution in [2.75, 3.05) is 0 Å². The smallest absolute Gasteiger partial charge is 0.322 e. The van der Waals surface area contributed by atoms with Crippen LogP contribution in [0.2, 0.25) is 0 Å². The predicted octanol–water partition coefficient (Wildman–Crippen LogP) is 0.904. The monoisotopic (exact) mass is 296 g/mol. The Bertz CT molecular complexity index is 593. The summed E-state index contributed by atoms with van der Waals surface area (Å²) < 4.78 is 25.9. The number of hydrogen-bond acceptors (Lipinski definition) is 4. The summed E-state index contributed by atoms with van der Waals surface area (Å²) in [6, 6.07) is 9.07.